The van der Waals surface area contributed by atoms with E-state index in [9.17, 15) is 4.79 Å². The monoisotopic (exact) mass is 325 g/mol. The van der Waals surface area contributed by atoms with Crippen molar-refractivity contribution in [1.29, 1.82) is 0 Å². The number of hydrogen-bond acceptors (Lipinski definition) is 7. The van der Waals surface area contributed by atoms with E-state index in [1.165, 1.54) is 7.11 Å². The highest BCUT2D eigenvalue weighted by molar-refractivity contribution is 6.01. The Labute approximate surface area is 140 Å². The van der Waals surface area contributed by atoms with E-state index in [0.29, 0.717) is 17.9 Å². The number of carbonyl (C=O) groups excluding carboxylic acids is 1. The molecule has 3 rings (SSSR count). The molecule has 0 amide bonds. The van der Waals surface area contributed by atoms with Crippen molar-refractivity contribution < 1.29 is 9.53 Å². The Morgan fingerprint density at radius 2 is 2.00 bits per heavy atom. The van der Waals surface area contributed by atoms with Gasteiger partial charge in [-0.05, 0) is 17.7 Å². The number of methoxy groups -OCH3 is 1. The third kappa shape index (κ3) is 3.53. The lowest BCUT2D eigenvalue weighted by atomic mass is 10.1. The van der Waals surface area contributed by atoms with Crippen LogP contribution in [0.15, 0.2) is 59.7 Å². The molecule has 124 valence electrons. The standard InChI is InChI=1S/C17H19N5O2/c1-21-19-16(14-9-6-10-15(11-14)17(23)24-2)22(20-21)18-12-13-7-4-3-5-8-13/h3-11,18,20H,12H2,1-2H3. The quantitative estimate of drug-likeness (QED) is 0.812. The van der Waals surface area contributed by atoms with Gasteiger partial charge in [-0.25, -0.2) is 20.5 Å². The van der Waals surface area contributed by atoms with Crippen LogP contribution in [0.1, 0.15) is 21.5 Å². The van der Waals surface area contributed by atoms with Gasteiger partial charge in [0.05, 0.1) is 12.7 Å². The van der Waals surface area contributed by atoms with Gasteiger partial charge < -0.3 is 4.74 Å². The number of esters is 1. The molecule has 0 aliphatic carbocycles. The first kappa shape index (κ1) is 16.0. The molecule has 0 unspecified atom stereocenters. The molecule has 0 bridgehead atoms. The van der Waals surface area contributed by atoms with E-state index >= 15 is 0 Å². The first-order valence-corrected chi connectivity index (χ1v) is 7.52. The molecule has 24 heavy (non-hydrogen) atoms. The summed E-state index contributed by atoms with van der Waals surface area (Å²) in [6.45, 7) is 0.636. The van der Waals surface area contributed by atoms with Crippen LogP contribution in [-0.2, 0) is 11.3 Å². The minimum atomic E-state index is -0.374. The van der Waals surface area contributed by atoms with Crippen molar-refractivity contribution in [3.8, 4) is 0 Å². The summed E-state index contributed by atoms with van der Waals surface area (Å²) in [5.74, 6) is 0.291. The van der Waals surface area contributed by atoms with Crippen molar-refractivity contribution in [2.24, 2.45) is 5.10 Å². The number of rotatable bonds is 5. The molecule has 1 aliphatic heterocycles. The van der Waals surface area contributed by atoms with Gasteiger partial charge in [-0.3, -0.25) is 0 Å². The molecule has 0 aromatic heterocycles. The zero-order valence-corrected chi connectivity index (χ0v) is 13.6. The highest BCUT2D eigenvalue weighted by Crippen LogP contribution is 2.12. The second-order valence-electron chi connectivity index (χ2n) is 5.28. The summed E-state index contributed by atoms with van der Waals surface area (Å²) in [7, 11) is 3.17. The summed E-state index contributed by atoms with van der Waals surface area (Å²) in [5, 5.41) is 7.75. The van der Waals surface area contributed by atoms with Gasteiger partial charge in [-0.15, -0.1) is 10.6 Å². The number of benzene rings is 2. The summed E-state index contributed by atoms with van der Waals surface area (Å²) in [6.07, 6.45) is 0. The predicted octanol–water partition coefficient (Wildman–Crippen LogP) is 1.51. The number of hydrazine groups is 3. The molecule has 0 radical (unpaired) electrons. The summed E-state index contributed by atoms with van der Waals surface area (Å²) >= 11 is 0. The molecular formula is C17H19N5O2. The fourth-order valence-corrected chi connectivity index (χ4v) is 2.37. The Bertz CT molecular complexity index is 748. The number of amidine groups is 1. The topological polar surface area (TPSA) is 69.2 Å². The summed E-state index contributed by atoms with van der Waals surface area (Å²) in [4.78, 5) is 11.7. The third-order valence-electron chi connectivity index (χ3n) is 3.53. The van der Waals surface area contributed by atoms with E-state index in [-0.39, 0.29) is 5.97 Å². The maximum atomic E-state index is 11.7. The second-order valence-corrected chi connectivity index (χ2v) is 5.28. The number of hydrogen-bond donors (Lipinski definition) is 2. The Balaban J connectivity index is 1.77. The largest absolute Gasteiger partial charge is 0.465 e. The van der Waals surface area contributed by atoms with Gasteiger partial charge in [0, 0.05) is 19.2 Å². The Kier molecular flexibility index (Phi) is 4.74. The number of hydrazone groups is 1. The summed E-state index contributed by atoms with van der Waals surface area (Å²) in [6, 6.07) is 17.2. The van der Waals surface area contributed by atoms with Crippen molar-refractivity contribution in [3.63, 3.8) is 0 Å². The fraction of sp³-hybridized carbons (Fsp3) is 0.176. The SMILES string of the molecule is COC(=O)c1cccc(C2=NN(C)NN2NCc2ccccc2)c1. The van der Waals surface area contributed by atoms with Crippen molar-refractivity contribution in [2.45, 2.75) is 6.54 Å². The maximum Gasteiger partial charge on any atom is 0.337 e. The van der Waals surface area contributed by atoms with Crippen LogP contribution in [0.2, 0.25) is 0 Å². The van der Waals surface area contributed by atoms with Gasteiger partial charge in [-0.1, -0.05) is 42.5 Å². The molecule has 7 heteroatoms. The Morgan fingerprint density at radius 3 is 2.75 bits per heavy atom. The lowest BCUT2D eigenvalue weighted by Crippen LogP contribution is -2.50. The maximum absolute atomic E-state index is 11.7. The van der Waals surface area contributed by atoms with Crippen LogP contribution >= 0.6 is 0 Å². The average Bonchev–Trinajstić information content (AvgIpc) is 3.01. The van der Waals surface area contributed by atoms with E-state index in [0.717, 1.165) is 11.1 Å². The third-order valence-corrected chi connectivity index (χ3v) is 3.53. The molecule has 0 fully saturated rings. The molecule has 0 saturated carbocycles. The smallest absolute Gasteiger partial charge is 0.337 e. The Morgan fingerprint density at radius 1 is 1.21 bits per heavy atom. The molecule has 2 N–H and O–H groups in total. The van der Waals surface area contributed by atoms with E-state index in [4.69, 9.17) is 4.74 Å². The lowest BCUT2D eigenvalue weighted by molar-refractivity contribution is 0.0600. The molecule has 7 nitrogen and oxygen atoms in total. The zero-order valence-electron chi connectivity index (χ0n) is 13.6. The molecule has 0 spiro atoms. The zero-order chi connectivity index (χ0) is 16.9. The van der Waals surface area contributed by atoms with Crippen LogP contribution < -0.4 is 11.0 Å². The minimum absolute atomic E-state index is 0.374. The normalized spacial score (nSPS) is 13.8. The first-order chi connectivity index (χ1) is 11.7. The number of carbonyl (C=O) groups is 1. The van der Waals surface area contributed by atoms with Gasteiger partial charge in [0.15, 0.2) is 5.84 Å². The van der Waals surface area contributed by atoms with E-state index in [2.05, 4.69) is 16.1 Å². The summed E-state index contributed by atoms with van der Waals surface area (Å²) < 4.78 is 4.77. The fourth-order valence-electron chi connectivity index (χ4n) is 2.37. The van der Waals surface area contributed by atoms with Gasteiger partial charge in [0.25, 0.3) is 0 Å². The predicted molar refractivity (Wildman–Crippen MR) is 90.3 cm³/mol. The van der Waals surface area contributed by atoms with Gasteiger partial charge >= 0.3 is 5.97 Å². The molecule has 1 heterocycles. The van der Waals surface area contributed by atoms with E-state index in [1.54, 1.807) is 35.5 Å². The van der Waals surface area contributed by atoms with Crippen molar-refractivity contribution >= 4 is 11.8 Å². The second kappa shape index (κ2) is 7.12. The van der Waals surface area contributed by atoms with Gasteiger partial charge in [0.1, 0.15) is 0 Å². The number of ether oxygens (including phenoxy) is 1. The minimum Gasteiger partial charge on any atom is -0.465 e. The highest BCUT2D eigenvalue weighted by atomic mass is 16.5. The van der Waals surface area contributed by atoms with Crippen LogP contribution in [0.5, 0.6) is 0 Å². The van der Waals surface area contributed by atoms with Gasteiger partial charge in [0.2, 0.25) is 0 Å². The number of nitrogens with one attached hydrogen (secondary N) is 2. The van der Waals surface area contributed by atoms with Crippen molar-refractivity contribution in [1.82, 2.24) is 21.2 Å². The average molecular weight is 325 g/mol. The molecule has 2 aromatic rings. The Hall–Kier alpha value is -2.90. The lowest BCUT2D eigenvalue weighted by Gasteiger charge is -2.21. The van der Waals surface area contributed by atoms with Gasteiger partial charge in [-0.2, -0.15) is 0 Å². The molecule has 2 aromatic carbocycles. The molecule has 0 atom stereocenters. The van der Waals surface area contributed by atoms with E-state index < -0.39 is 0 Å². The molecule has 1 aliphatic rings. The first-order valence-electron chi connectivity index (χ1n) is 7.52. The van der Waals surface area contributed by atoms with Crippen LogP contribution in [0, 0.1) is 0 Å². The summed E-state index contributed by atoms with van der Waals surface area (Å²) in [5.41, 5.74) is 8.78. The van der Waals surface area contributed by atoms with Crippen LogP contribution in [0.25, 0.3) is 0 Å². The van der Waals surface area contributed by atoms with Crippen LogP contribution in [-0.4, -0.2) is 36.2 Å². The van der Waals surface area contributed by atoms with Crippen LogP contribution in [0.4, 0.5) is 0 Å². The highest BCUT2D eigenvalue weighted by Gasteiger charge is 2.22. The van der Waals surface area contributed by atoms with Crippen molar-refractivity contribution in [3.05, 3.63) is 71.3 Å². The number of nitrogens with zero attached hydrogens (tertiary/aromatic N) is 3. The molecular weight excluding hydrogens is 306 g/mol. The van der Waals surface area contributed by atoms with Crippen LogP contribution in [0.3, 0.4) is 0 Å². The van der Waals surface area contributed by atoms with E-state index in [1.807, 2.05) is 36.4 Å². The molecule has 0 saturated heterocycles. The van der Waals surface area contributed by atoms with Crippen molar-refractivity contribution in [2.75, 3.05) is 14.2 Å².